The summed E-state index contributed by atoms with van der Waals surface area (Å²) in [6, 6.07) is 10.3. The fourth-order valence-corrected chi connectivity index (χ4v) is 3.51. The molecule has 0 radical (unpaired) electrons. The topological polar surface area (TPSA) is 38.0 Å². The van der Waals surface area contributed by atoms with Crippen LogP contribution in [-0.2, 0) is 18.6 Å². The van der Waals surface area contributed by atoms with Crippen LogP contribution in [0.2, 0.25) is 0 Å². The van der Waals surface area contributed by atoms with Gasteiger partial charge in [-0.1, -0.05) is 18.2 Å². The van der Waals surface area contributed by atoms with Crippen molar-refractivity contribution in [3.05, 3.63) is 53.2 Å². The fourth-order valence-electron chi connectivity index (χ4n) is 2.40. The lowest BCUT2D eigenvalue weighted by atomic mass is 9.96. The van der Waals surface area contributed by atoms with Crippen LogP contribution in [0.5, 0.6) is 0 Å². The second kappa shape index (κ2) is 5.04. The van der Waals surface area contributed by atoms with E-state index in [2.05, 4.69) is 30.2 Å². The van der Waals surface area contributed by atoms with Gasteiger partial charge >= 0.3 is 0 Å². The highest BCUT2D eigenvalue weighted by molar-refractivity contribution is 7.19. The van der Waals surface area contributed by atoms with Crippen molar-refractivity contribution in [3.8, 4) is 0 Å². The van der Waals surface area contributed by atoms with Crippen molar-refractivity contribution in [1.29, 1.82) is 0 Å². The van der Waals surface area contributed by atoms with Gasteiger partial charge in [-0.2, -0.15) is 5.10 Å². The molecule has 0 aliphatic carbocycles. The second-order valence-corrected chi connectivity index (χ2v) is 6.39. The molecular formula is C16H18N2OS. The van der Waals surface area contributed by atoms with Crippen LogP contribution in [0, 0.1) is 0 Å². The number of rotatable bonds is 4. The summed E-state index contributed by atoms with van der Waals surface area (Å²) in [5, 5.41) is 16.3. The minimum atomic E-state index is -0.856. The Balaban J connectivity index is 1.90. The lowest BCUT2D eigenvalue weighted by Gasteiger charge is -2.20. The minimum absolute atomic E-state index is 0.583. The zero-order chi connectivity index (χ0) is 14.2. The number of nitrogens with zero attached hydrogens (tertiary/aromatic N) is 2. The molecule has 3 rings (SSSR count). The highest BCUT2D eigenvalue weighted by Crippen LogP contribution is 2.35. The first kappa shape index (κ1) is 13.3. The fraction of sp³-hybridized carbons (Fsp3) is 0.312. The number of hydrogen-bond acceptors (Lipinski definition) is 3. The monoisotopic (exact) mass is 286 g/mol. The van der Waals surface area contributed by atoms with Crippen molar-refractivity contribution < 1.29 is 5.11 Å². The van der Waals surface area contributed by atoms with E-state index < -0.39 is 5.60 Å². The predicted molar refractivity (Wildman–Crippen MR) is 83.0 cm³/mol. The summed E-state index contributed by atoms with van der Waals surface area (Å²) in [6.07, 6.45) is 4.42. The molecule has 3 aromatic rings. The van der Waals surface area contributed by atoms with Crippen molar-refractivity contribution in [2.24, 2.45) is 0 Å². The van der Waals surface area contributed by atoms with E-state index in [1.807, 2.05) is 36.1 Å². The van der Waals surface area contributed by atoms with Crippen molar-refractivity contribution >= 4 is 21.4 Å². The lowest BCUT2D eigenvalue weighted by molar-refractivity contribution is 0.0615. The predicted octanol–water partition coefficient (Wildman–Crippen LogP) is 3.57. The number of aromatic nitrogens is 2. The lowest BCUT2D eigenvalue weighted by Crippen LogP contribution is -2.22. The van der Waals surface area contributed by atoms with Crippen LogP contribution in [0.1, 0.15) is 24.3 Å². The molecule has 1 unspecified atom stereocenters. The van der Waals surface area contributed by atoms with Crippen LogP contribution in [0.4, 0.5) is 0 Å². The van der Waals surface area contributed by atoms with Gasteiger partial charge in [-0.3, -0.25) is 4.68 Å². The van der Waals surface area contributed by atoms with E-state index >= 15 is 0 Å². The number of benzene rings is 1. The van der Waals surface area contributed by atoms with Gasteiger partial charge in [0.15, 0.2) is 0 Å². The first-order chi connectivity index (χ1) is 9.58. The Morgan fingerprint density at radius 2 is 2.15 bits per heavy atom. The smallest absolute Gasteiger partial charge is 0.100 e. The van der Waals surface area contributed by atoms with E-state index in [1.165, 1.54) is 10.1 Å². The summed E-state index contributed by atoms with van der Waals surface area (Å²) >= 11 is 1.66. The molecule has 20 heavy (non-hydrogen) atoms. The van der Waals surface area contributed by atoms with Crippen LogP contribution in [0.25, 0.3) is 10.1 Å². The minimum Gasteiger partial charge on any atom is -0.384 e. The number of fused-ring (bicyclic) bond motifs is 1. The molecule has 1 atom stereocenters. The van der Waals surface area contributed by atoms with Crippen molar-refractivity contribution in [2.75, 3.05) is 0 Å². The average molecular weight is 286 g/mol. The Morgan fingerprint density at radius 3 is 2.85 bits per heavy atom. The third-order valence-electron chi connectivity index (χ3n) is 3.52. The first-order valence-electron chi connectivity index (χ1n) is 6.81. The van der Waals surface area contributed by atoms with Gasteiger partial charge in [-0.05, 0) is 36.9 Å². The van der Waals surface area contributed by atoms with E-state index in [1.54, 1.807) is 11.3 Å². The summed E-state index contributed by atoms with van der Waals surface area (Å²) < 4.78 is 3.10. The molecule has 0 saturated carbocycles. The number of hydrogen-bond donors (Lipinski definition) is 1. The van der Waals surface area contributed by atoms with E-state index in [0.717, 1.165) is 17.0 Å². The second-order valence-electron chi connectivity index (χ2n) is 5.30. The van der Waals surface area contributed by atoms with Crippen LogP contribution in [-0.4, -0.2) is 14.9 Å². The maximum Gasteiger partial charge on any atom is 0.100 e. The maximum atomic E-state index is 10.8. The van der Waals surface area contributed by atoms with E-state index in [-0.39, 0.29) is 0 Å². The first-order valence-corrected chi connectivity index (χ1v) is 7.63. The van der Waals surface area contributed by atoms with Crippen LogP contribution >= 0.6 is 11.3 Å². The van der Waals surface area contributed by atoms with Crippen LogP contribution in [0.3, 0.4) is 0 Å². The zero-order valence-corrected chi connectivity index (χ0v) is 12.5. The van der Waals surface area contributed by atoms with E-state index in [4.69, 9.17) is 0 Å². The van der Waals surface area contributed by atoms with Gasteiger partial charge in [-0.15, -0.1) is 11.3 Å². The van der Waals surface area contributed by atoms with E-state index in [0.29, 0.717) is 6.42 Å². The molecule has 4 heteroatoms. The van der Waals surface area contributed by atoms with Gasteiger partial charge in [0, 0.05) is 28.7 Å². The standard InChI is InChI=1S/C16H18N2OS/c1-3-18-11-12(10-17-18)9-16(2,19)15-8-13-6-4-5-7-14(13)20-15/h4-8,10-11,19H,3,9H2,1-2H3. The van der Waals surface area contributed by atoms with Gasteiger partial charge < -0.3 is 5.11 Å². The molecule has 0 bridgehead atoms. The Hall–Kier alpha value is -1.65. The van der Waals surface area contributed by atoms with Gasteiger partial charge in [0.1, 0.15) is 5.60 Å². The molecule has 1 N–H and O–H groups in total. The highest BCUT2D eigenvalue weighted by atomic mass is 32.1. The maximum absolute atomic E-state index is 10.8. The summed E-state index contributed by atoms with van der Waals surface area (Å²) in [6.45, 7) is 4.78. The summed E-state index contributed by atoms with van der Waals surface area (Å²) in [5.74, 6) is 0. The number of thiophene rings is 1. The Labute approximate surface area is 122 Å². The van der Waals surface area contributed by atoms with Gasteiger partial charge in [0.25, 0.3) is 0 Å². The van der Waals surface area contributed by atoms with Crippen LogP contribution in [0.15, 0.2) is 42.7 Å². The van der Waals surface area contributed by atoms with Crippen molar-refractivity contribution in [3.63, 3.8) is 0 Å². The Morgan fingerprint density at radius 1 is 1.35 bits per heavy atom. The normalized spacial score (nSPS) is 14.6. The summed E-state index contributed by atoms with van der Waals surface area (Å²) in [7, 11) is 0. The number of aryl methyl sites for hydroxylation is 1. The molecule has 0 aliphatic rings. The molecule has 0 saturated heterocycles. The molecule has 0 spiro atoms. The molecule has 2 aromatic heterocycles. The molecule has 0 fully saturated rings. The molecular weight excluding hydrogens is 268 g/mol. The van der Waals surface area contributed by atoms with Gasteiger partial charge in [0.05, 0.1) is 6.20 Å². The molecule has 104 valence electrons. The molecule has 0 aliphatic heterocycles. The van der Waals surface area contributed by atoms with Crippen molar-refractivity contribution in [1.82, 2.24) is 9.78 Å². The van der Waals surface area contributed by atoms with Crippen molar-refractivity contribution in [2.45, 2.75) is 32.4 Å². The van der Waals surface area contributed by atoms with Crippen LogP contribution < -0.4 is 0 Å². The summed E-state index contributed by atoms with van der Waals surface area (Å²) in [4.78, 5) is 1.00. The quantitative estimate of drug-likeness (QED) is 0.796. The van der Waals surface area contributed by atoms with Gasteiger partial charge in [-0.25, -0.2) is 0 Å². The SMILES string of the molecule is CCn1cc(CC(C)(O)c2cc3ccccc3s2)cn1. The van der Waals surface area contributed by atoms with Gasteiger partial charge in [0.2, 0.25) is 0 Å². The third-order valence-corrected chi connectivity index (χ3v) is 4.88. The molecule has 2 heterocycles. The Kier molecular flexibility index (Phi) is 3.36. The third kappa shape index (κ3) is 2.49. The molecule has 3 nitrogen and oxygen atoms in total. The largest absolute Gasteiger partial charge is 0.384 e. The molecule has 1 aromatic carbocycles. The zero-order valence-electron chi connectivity index (χ0n) is 11.7. The number of aliphatic hydroxyl groups is 1. The summed E-state index contributed by atoms with van der Waals surface area (Å²) in [5.41, 5.74) is 0.208. The molecule has 0 amide bonds. The Bertz CT molecular complexity index is 694. The average Bonchev–Trinajstić information content (AvgIpc) is 3.04. The highest BCUT2D eigenvalue weighted by Gasteiger charge is 2.26. The van der Waals surface area contributed by atoms with E-state index in [9.17, 15) is 5.11 Å².